The first kappa shape index (κ1) is 13.1. The van der Waals surface area contributed by atoms with Gasteiger partial charge in [0.25, 0.3) is 0 Å². The van der Waals surface area contributed by atoms with Crippen LogP contribution >= 0.6 is 0 Å². The van der Waals surface area contributed by atoms with Gasteiger partial charge in [-0.2, -0.15) is 0 Å². The van der Waals surface area contributed by atoms with Crippen LogP contribution in [0.15, 0.2) is 17.2 Å². The van der Waals surface area contributed by atoms with Gasteiger partial charge in [-0.25, -0.2) is 17.9 Å². The summed E-state index contributed by atoms with van der Waals surface area (Å²) in [6.45, 7) is 2.01. The summed E-state index contributed by atoms with van der Waals surface area (Å²) in [6.07, 6.45) is 4.06. The fourth-order valence-corrected chi connectivity index (χ4v) is 3.61. The highest BCUT2D eigenvalue weighted by molar-refractivity contribution is 7.89. The average Bonchev–Trinajstić information content (AvgIpc) is 2.88. The molecule has 1 aromatic rings. The summed E-state index contributed by atoms with van der Waals surface area (Å²) in [5.41, 5.74) is -0.130. The van der Waals surface area contributed by atoms with Gasteiger partial charge < -0.3 is 10.1 Å². The Labute approximate surface area is 105 Å². The van der Waals surface area contributed by atoms with E-state index in [1.165, 1.54) is 6.20 Å². The van der Waals surface area contributed by atoms with Crippen LogP contribution in [0.3, 0.4) is 0 Å². The molecule has 3 N–H and O–H groups in total. The van der Waals surface area contributed by atoms with E-state index in [0.29, 0.717) is 5.92 Å². The maximum absolute atomic E-state index is 12.0. The van der Waals surface area contributed by atoms with E-state index in [2.05, 4.69) is 9.71 Å². The van der Waals surface area contributed by atoms with Crippen molar-refractivity contribution in [3.05, 3.63) is 18.0 Å². The molecule has 100 valence electrons. The lowest BCUT2D eigenvalue weighted by molar-refractivity contribution is 0.0691. The third-order valence-corrected chi connectivity index (χ3v) is 4.83. The summed E-state index contributed by atoms with van der Waals surface area (Å²) >= 11 is 0. The molecule has 0 radical (unpaired) electrons. The second-order valence-corrected chi connectivity index (χ2v) is 6.40. The minimum Gasteiger partial charge on any atom is -0.477 e. The number of nitrogens with one attached hydrogen (secondary N) is 2. The fraction of sp³-hybridized carbons (Fsp3) is 0.545. The fourth-order valence-electron chi connectivity index (χ4n) is 2.24. The number of hydrogen-bond acceptors (Lipinski definition) is 3. The molecular weight excluding hydrogens is 256 g/mol. The van der Waals surface area contributed by atoms with Crippen molar-refractivity contribution in [3.63, 3.8) is 0 Å². The van der Waals surface area contributed by atoms with Crippen molar-refractivity contribution < 1.29 is 18.3 Å². The van der Waals surface area contributed by atoms with Gasteiger partial charge >= 0.3 is 5.97 Å². The lowest BCUT2D eigenvalue weighted by atomic mass is 10.1. The second-order valence-electron chi connectivity index (χ2n) is 4.69. The Balaban J connectivity index is 2.17. The van der Waals surface area contributed by atoms with Gasteiger partial charge in [0.15, 0.2) is 0 Å². The molecule has 0 bridgehead atoms. The van der Waals surface area contributed by atoms with Gasteiger partial charge in [0.1, 0.15) is 10.6 Å². The maximum Gasteiger partial charge on any atom is 0.352 e. The lowest BCUT2D eigenvalue weighted by Crippen LogP contribution is -2.36. The number of hydrogen-bond donors (Lipinski definition) is 3. The zero-order valence-corrected chi connectivity index (χ0v) is 10.8. The Morgan fingerprint density at radius 3 is 2.72 bits per heavy atom. The van der Waals surface area contributed by atoms with Gasteiger partial charge in [0.2, 0.25) is 10.0 Å². The van der Waals surface area contributed by atoms with Crippen LogP contribution in [0.4, 0.5) is 0 Å². The normalized spacial score (nSPS) is 24.3. The van der Waals surface area contributed by atoms with Crippen molar-refractivity contribution in [2.45, 2.75) is 37.1 Å². The standard InChI is InChI=1S/C11H16N2O4S/c1-7-3-2-4-9(7)13-18(16,17)8-5-10(11(14)15)12-6-8/h5-7,9,12-13H,2-4H2,1H3,(H,14,15). The summed E-state index contributed by atoms with van der Waals surface area (Å²) in [7, 11) is -3.63. The van der Waals surface area contributed by atoms with E-state index in [9.17, 15) is 13.2 Å². The molecule has 1 aromatic heterocycles. The summed E-state index contributed by atoms with van der Waals surface area (Å²) in [5, 5.41) is 8.74. The lowest BCUT2D eigenvalue weighted by Gasteiger charge is -2.16. The Bertz CT molecular complexity index is 549. The summed E-state index contributed by atoms with van der Waals surface area (Å²) in [4.78, 5) is 13.1. The summed E-state index contributed by atoms with van der Waals surface area (Å²) < 4.78 is 26.7. The van der Waals surface area contributed by atoms with Gasteiger partial charge in [0.05, 0.1) is 0 Å². The van der Waals surface area contributed by atoms with Crippen molar-refractivity contribution >= 4 is 16.0 Å². The molecule has 0 saturated heterocycles. The summed E-state index contributed by atoms with van der Waals surface area (Å²) in [6, 6.07) is 1.07. The number of aromatic carboxylic acids is 1. The van der Waals surface area contributed by atoms with Crippen molar-refractivity contribution in [3.8, 4) is 0 Å². The largest absolute Gasteiger partial charge is 0.477 e. The Morgan fingerprint density at radius 2 is 2.22 bits per heavy atom. The van der Waals surface area contributed by atoms with E-state index >= 15 is 0 Å². The highest BCUT2D eigenvalue weighted by atomic mass is 32.2. The highest BCUT2D eigenvalue weighted by Crippen LogP contribution is 2.26. The molecule has 2 rings (SSSR count). The molecule has 0 aromatic carbocycles. The molecule has 1 fully saturated rings. The molecule has 2 atom stereocenters. The third kappa shape index (κ3) is 2.56. The number of aromatic nitrogens is 1. The first-order chi connectivity index (χ1) is 8.40. The number of rotatable bonds is 4. The van der Waals surface area contributed by atoms with E-state index in [4.69, 9.17) is 5.11 Å². The maximum atomic E-state index is 12.0. The van der Waals surface area contributed by atoms with Gasteiger partial charge in [-0.3, -0.25) is 0 Å². The number of sulfonamides is 1. The smallest absolute Gasteiger partial charge is 0.352 e. The topological polar surface area (TPSA) is 99.3 Å². The predicted octanol–water partition coefficient (Wildman–Crippen LogP) is 1.18. The van der Waals surface area contributed by atoms with E-state index in [1.54, 1.807) is 0 Å². The van der Waals surface area contributed by atoms with Crippen LogP contribution in [0.5, 0.6) is 0 Å². The van der Waals surface area contributed by atoms with Gasteiger partial charge in [-0.1, -0.05) is 13.3 Å². The van der Waals surface area contributed by atoms with Crippen LogP contribution in [0, 0.1) is 5.92 Å². The van der Waals surface area contributed by atoms with Crippen molar-refractivity contribution in [2.24, 2.45) is 5.92 Å². The Morgan fingerprint density at radius 1 is 1.50 bits per heavy atom. The van der Waals surface area contributed by atoms with Crippen molar-refractivity contribution in [1.82, 2.24) is 9.71 Å². The molecule has 1 saturated carbocycles. The van der Waals surface area contributed by atoms with E-state index in [1.807, 2.05) is 6.92 Å². The molecule has 0 aliphatic heterocycles. The zero-order valence-electron chi connectivity index (χ0n) is 10.0. The van der Waals surface area contributed by atoms with Gasteiger partial charge in [0, 0.05) is 12.2 Å². The van der Waals surface area contributed by atoms with Crippen LogP contribution in [-0.2, 0) is 10.0 Å². The number of aromatic amines is 1. The monoisotopic (exact) mass is 272 g/mol. The summed E-state index contributed by atoms with van der Waals surface area (Å²) in [5.74, 6) is -0.858. The minimum absolute atomic E-state index is 0.0287. The van der Waals surface area contributed by atoms with E-state index < -0.39 is 16.0 Å². The average molecular weight is 272 g/mol. The molecule has 18 heavy (non-hydrogen) atoms. The van der Waals surface area contributed by atoms with Gasteiger partial charge in [-0.05, 0) is 24.8 Å². The molecular formula is C11H16N2O4S. The van der Waals surface area contributed by atoms with Crippen molar-refractivity contribution in [2.75, 3.05) is 0 Å². The predicted molar refractivity (Wildman–Crippen MR) is 64.9 cm³/mol. The SMILES string of the molecule is CC1CCCC1NS(=O)(=O)c1c[nH]c(C(=O)O)c1. The van der Waals surface area contributed by atoms with E-state index in [-0.39, 0.29) is 16.6 Å². The first-order valence-electron chi connectivity index (χ1n) is 5.84. The van der Waals surface area contributed by atoms with Crippen LogP contribution in [0.1, 0.15) is 36.7 Å². The third-order valence-electron chi connectivity index (χ3n) is 3.37. The Kier molecular flexibility index (Phi) is 3.45. The van der Waals surface area contributed by atoms with Crippen molar-refractivity contribution in [1.29, 1.82) is 0 Å². The molecule has 0 spiro atoms. The quantitative estimate of drug-likeness (QED) is 0.766. The minimum atomic E-state index is -3.63. The number of H-pyrrole nitrogens is 1. The molecule has 1 heterocycles. The number of carboxylic acids is 1. The molecule has 1 aliphatic rings. The van der Waals surface area contributed by atoms with Crippen LogP contribution in [0.2, 0.25) is 0 Å². The van der Waals surface area contributed by atoms with Gasteiger partial charge in [-0.15, -0.1) is 0 Å². The highest BCUT2D eigenvalue weighted by Gasteiger charge is 2.29. The molecule has 6 nitrogen and oxygen atoms in total. The molecule has 1 aliphatic carbocycles. The van der Waals surface area contributed by atoms with E-state index in [0.717, 1.165) is 25.3 Å². The first-order valence-corrected chi connectivity index (χ1v) is 7.32. The van der Waals surface area contributed by atoms with Crippen LogP contribution < -0.4 is 4.72 Å². The van der Waals surface area contributed by atoms with Crippen LogP contribution in [0.25, 0.3) is 0 Å². The zero-order chi connectivity index (χ0) is 13.3. The number of carboxylic acid groups (broad SMARTS) is 1. The number of carbonyl (C=O) groups is 1. The Hall–Kier alpha value is -1.34. The van der Waals surface area contributed by atoms with Crippen LogP contribution in [-0.4, -0.2) is 30.5 Å². The molecule has 0 amide bonds. The second kappa shape index (κ2) is 4.74. The molecule has 2 unspecified atom stereocenters. The molecule has 7 heteroatoms.